The molecular formula is C20H31NO5. The molecule has 1 rings (SSSR count). The average molecular weight is 365 g/mol. The van der Waals surface area contributed by atoms with Crippen molar-refractivity contribution in [2.24, 2.45) is 0 Å². The number of carbonyl (C=O) groups excluding carboxylic acids is 2. The number of hydrogen-bond donors (Lipinski definition) is 0. The van der Waals surface area contributed by atoms with Crippen molar-refractivity contribution in [2.75, 3.05) is 39.5 Å². The van der Waals surface area contributed by atoms with Crippen LogP contribution in [-0.4, -0.2) is 56.3 Å². The molecule has 0 atom stereocenters. The van der Waals surface area contributed by atoms with Gasteiger partial charge in [-0.2, -0.15) is 0 Å². The number of carbonyl (C=O) groups is 2. The SMILES string of the molecule is CCOCCCN(CCC(=O)OCC)C(=O)COc1cccc(C)c1C. The molecule has 0 fully saturated rings. The van der Waals surface area contributed by atoms with Crippen LogP contribution in [0.4, 0.5) is 0 Å². The van der Waals surface area contributed by atoms with Gasteiger partial charge >= 0.3 is 5.97 Å². The summed E-state index contributed by atoms with van der Waals surface area (Å²) < 4.78 is 16.0. The van der Waals surface area contributed by atoms with Gasteiger partial charge in [0.05, 0.1) is 13.0 Å². The summed E-state index contributed by atoms with van der Waals surface area (Å²) in [6.07, 6.45) is 0.892. The first kappa shape index (κ1) is 22.0. The minimum Gasteiger partial charge on any atom is -0.483 e. The summed E-state index contributed by atoms with van der Waals surface area (Å²) in [5.41, 5.74) is 2.14. The molecule has 0 unspecified atom stereocenters. The first-order chi connectivity index (χ1) is 12.5. The van der Waals surface area contributed by atoms with E-state index in [0.29, 0.717) is 45.1 Å². The predicted octanol–water partition coefficient (Wildman–Crippen LogP) is 2.89. The van der Waals surface area contributed by atoms with Crippen molar-refractivity contribution in [3.63, 3.8) is 0 Å². The Bertz CT molecular complexity index is 573. The van der Waals surface area contributed by atoms with E-state index in [4.69, 9.17) is 14.2 Å². The topological polar surface area (TPSA) is 65.1 Å². The van der Waals surface area contributed by atoms with E-state index in [1.807, 2.05) is 39.0 Å². The maximum Gasteiger partial charge on any atom is 0.307 e. The number of rotatable bonds is 12. The predicted molar refractivity (Wildman–Crippen MR) is 100 cm³/mol. The molecule has 0 aromatic heterocycles. The summed E-state index contributed by atoms with van der Waals surface area (Å²) in [7, 11) is 0. The molecule has 0 saturated carbocycles. The van der Waals surface area contributed by atoms with Crippen molar-refractivity contribution < 1.29 is 23.8 Å². The van der Waals surface area contributed by atoms with Crippen molar-refractivity contribution >= 4 is 11.9 Å². The summed E-state index contributed by atoms with van der Waals surface area (Å²) in [4.78, 5) is 25.8. The van der Waals surface area contributed by atoms with Gasteiger partial charge in [0.25, 0.3) is 5.91 Å². The first-order valence-corrected chi connectivity index (χ1v) is 9.19. The van der Waals surface area contributed by atoms with Gasteiger partial charge in [-0.1, -0.05) is 12.1 Å². The number of nitrogens with zero attached hydrogens (tertiary/aromatic N) is 1. The van der Waals surface area contributed by atoms with Crippen molar-refractivity contribution in [2.45, 2.75) is 40.5 Å². The van der Waals surface area contributed by atoms with Crippen molar-refractivity contribution in [3.05, 3.63) is 29.3 Å². The molecule has 1 aromatic rings. The average Bonchev–Trinajstić information content (AvgIpc) is 2.62. The van der Waals surface area contributed by atoms with Crippen LogP contribution >= 0.6 is 0 Å². The molecule has 1 aromatic carbocycles. The highest BCUT2D eigenvalue weighted by molar-refractivity contribution is 5.78. The first-order valence-electron chi connectivity index (χ1n) is 9.19. The van der Waals surface area contributed by atoms with Gasteiger partial charge < -0.3 is 19.1 Å². The lowest BCUT2D eigenvalue weighted by Crippen LogP contribution is -2.38. The minimum absolute atomic E-state index is 0.0538. The van der Waals surface area contributed by atoms with Gasteiger partial charge in [0.2, 0.25) is 0 Å². The number of esters is 1. The normalized spacial score (nSPS) is 10.5. The quantitative estimate of drug-likeness (QED) is 0.421. The molecule has 0 radical (unpaired) electrons. The molecule has 26 heavy (non-hydrogen) atoms. The van der Waals surface area contributed by atoms with E-state index in [0.717, 1.165) is 11.1 Å². The number of amides is 1. The van der Waals surface area contributed by atoms with Gasteiger partial charge in [-0.25, -0.2) is 0 Å². The van der Waals surface area contributed by atoms with Crippen molar-refractivity contribution in [3.8, 4) is 5.75 Å². The zero-order chi connectivity index (χ0) is 19.4. The Balaban J connectivity index is 2.60. The van der Waals surface area contributed by atoms with Crippen LogP contribution in [0.5, 0.6) is 5.75 Å². The lowest BCUT2D eigenvalue weighted by atomic mass is 10.1. The van der Waals surface area contributed by atoms with Crippen LogP contribution in [0.15, 0.2) is 18.2 Å². The molecular weight excluding hydrogens is 334 g/mol. The van der Waals surface area contributed by atoms with Crippen LogP contribution in [0.25, 0.3) is 0 Å². The zero-order valence-corrected chi connectivity index (χ0v) is 16.4. The highest BCUT2D eigenvalue weighted by atomic mass is 16.5. The third kappa shape index (κ3) is 7.87. The fourth-order valence-corrected chi connectivity index (χ4v) is 2.43. The molecule has 6 heteroatoms. The summed E-state index contributed by atoms with van der Waals surface area (Å²) in [5, 5.41) is 0. The van der Waals surface area contributed by atoms with Crippen LogP contribution in [0, 0.1) is 13.8 Å². The van der Waals surface area contributed by atoms with E-state index in [1.165, 1.54) is 0 Å². The highest BCUT2D eigenvalue weighted by Gasteiger charge is 2.16. The van der Waals surface area contributed by atoms with Gasteiger partial charge in [0.1, 0.15) is 5.75 Å². The fraction of sp³-hybridized carbons (Fsp3) is 0.600. The summed E-state index contributed by atoms with van der Waals surface area (Å²) in [5.74, 6) is 0.260. The van der Waals surface area contributed by atoms with E-state index >= 15 is 0 Å². The van der Waals surface area contributed by atoms with Gasteiger partial charge in [-0.15, -0.1) is 0 Å². The number of aryl methyl sites for hydroxylation is 1. The maximum atomic E-state index is 12.6. The Hall–Kier alpha value is -2.08. The lowest BCUT2D eigenvalue weighted by molar-refractivity contribution is -0.144. The van der Waals surface area contributed by atoms with Gasteiger partial charge in [0, 0.05) is 26.3 Å². The van der Waals surface area contributed by atoms with Gasteiger partial charge in [-0.05, 0) is 51.3 Å². The molecule has 0 saturated heterocycles. The number of ether oxygens (including phenoxy) is 3. The van der Waals surface area contributed by atoms with E-state index in [2.05, 4.69) is 0 Å². The number of benzene rings is 1. The Kier molecular flexibility index (Phi) is 10.4. The van der Waals surface area contributed by atoms with E-state index in [9.17, 15) is 9.59 Å². The standard InChI is InChI=1S/C20H31NO5/c1-5-24-14-8-12-21(13-11-20(23)25-6-2)19(22)15-26-18-10-7-9-16(3)17(18)4/h7,9-10H,5-6,8,11-15H2,1-4H3. The van der Waals surface area contributed by atoms with Crippen LogP contribution in [-0.2, 0) is 19.1 Å². The second-order valence-electron chi connectivity index (χ2n) is 5.97. The molecule has 0 aliphatic carbocycles. The molecule has 0 aliphatic rings. The molecule has 1 amide bonds. The summed E-state index contributed by atoms with van der Waals surface area (Å²) in [6, 6.07) is 5.76. The molecule has 6 nitrogen and oxygen atoms in total. The van der Waals surface area contributed by atoms with Crippen LogP contribution in [0.2, 0.25) is 0 Å². The van der Waals surface area contributed by atoms with Crippen LogP contribution < -0.4 is 4.74 Å². The van der Waals surface area contributed by atoms with Gasteiger partial charge in [0.15, 0.2) is 6.61 Å². The Morgan fingerprint density at radius 3 is 2.54 bits per heavy atom. The highest BCUT2D eigenvalue weighted by Crippen LogP contribution is 2.20. The Morgan fingerprint density at radius 2 is 1.85 bits per heavy atom. The zero-order valence-electron chi connectivity index (χ0n) is 16.4. The smallest absolute Gasteiger partial charge is 0.307 e. The second-order valence-corrected chi connectivity index (χ2v) is 5.97. The second kappa shape index (κ2) is 12.3. The monoisotopic (exact) mass is 365 g/mol. The molecule has 0 spiro atoms. The third-order valence-corrected chi connectivity index (χ3v) is 4.07. The van der Waals surface area contributed by atoms with Crippen molar-refractivity contribution in [1.29, 1.82) is 0 Å². The molecule has 146 valence electrons. The Labute approximate surface area is 156 Å². The minimum atomic E-state index is -0.300. The van der Waals surface area contributed by atoms with E-state index < -0.39 is 0 Å². The van der Waals surface area contributed by atoms with E-state index in [-0.39, 0.29) is 24.9 Å². The van der Waals surface area contributed by atoms with Crippen LogP contribution in [0.3, 0.4) is 0 Å². The molecule has 0 aliphatic heterocycles. The fourth-order valence-electron chi connectivity index (χ4n) is 2.43. The molecule has 0 bridgehead atoms. The number of hydrogen-bond acceptors (Lipinski definition) is 5. The lowest BCUT2D eigenvalue weighted by Gasteiger charge is -2.23. The van der Waals surface area contributed by atoms with Crippen molar-refractivity contribution in [1.82, 2.24) is 4.90 Å². The Morgan fingerprint density at radius 1 is 1.08 bits per heavy atom. The molecule has 0 heterocycles. The maximum absolute atomic E-state index is 12.6. The third-order valence-electron chi connectivity index (χ3n) is 4.07. The summed E-state index contributed by atoms with van der Waals surface area (Å²) in [6.45, 7) is 10.0. The largest absolute Gasteiger partial charge is 0.483 e. The molecule has 0 N–H and O–H groups in total. The summed E-state index contributed by atoms with van der Waals surface area (Å²) >= 11 is 0. The van der Waals surface area contributed by atoms with Gasteiger partial charge in [-0.3, -0.25) is 9.59 Å². The van der Waals surface area contributed by atoms with E-state index in [1.54, 1.807) is 11.8 Å². The van der Waals surface area contributed by atoms with Crippen LogP contribution in [0.1, 0.15) is 37.8 Å².